The smallest absolute Gasteiger partial charge is 0.412 e. The van der Waals surface area contributed by atoms with E-state index in [1.165, 1.54) is 36.2 Å². The lowest BCUT2D eigenvalue weighted by Gasteiger charge is -2.23. The van der Waals surface area contributed by atoms with E-state index in [1.807, 2.05) is 13.8 Å². The Kier molecular flexibility index (Phi) is 9.29. The molecule has 0 radical (unpaired) electrons. The maximum Gasteiger partial charge on any atom is 0.412 e. The van der Waals surface area contributed by atoms with Crippen molar-refractivity contribution >= 4 is 29.6 Å². The molecule has 0 aliphatic carbocycles. The van der Waals surface area contributed by atoms with Crippen molar-refractivity contribution in [1.29, 1.82) is 0 Å². The van der Waals surface area contributed by atoms with Gasteiger partial charge < -0.3 is 19.3 Å². The Hall–Kier alpha value is -3.10. The summed E-state index contributed by atoms with van der Waals surface area (Å²) >= 11 is 0. The lowest BCUT2D eigenvalue weighted by Crippen LogP contribution is -2.42. The van der Waals surface area contributed by atoms with Crippen molar-refractivity contribution in [3.05, 3.63) is 29.8 Å². The van der Waals surface area contributed by atoms with Gasteiger partial charge >= 0.3 is 12.1 Å². The van der Waals surface area contributed by atoms with Crippen molar-refractivity contribution in [1.82, 2.24) is 9.80 Å². The zero-order valence-electron chi connectivity index (χ0n) is 18.5. The van der Waals surface area contributed by atoms with Crippen LogP contribution in [0.4, 0.5) is 10.5 Å². The number of benzene rings is 1. The monoisotopic (exact) mass is 421 g/mol. The van der Waals surface area contributed by atoms with Crippen molar-refractivity contribution < 1.29 is 28.7 Å². The molecule has 0 unspecified atom stereocenters. The van der Waals surface area contributed by atoms with Gasteiger partial charge in [-0.15, -0.1) is 0 Å². The third-order valence-electron chi connectivity index (χ3n) is 4.01. The molecule has 1 N–H and O–H groups in total. The van der Waals surface area contributed by atoms with E-state index < -0.39 is 30.2 Å². The first kappa shape index (κ1) is 24.9. The molecule has 1 rings (SSSR count). The molecule has 0 heterocycles. The first-order chi connectivity index (χ1) is 14.0. The minimum atomic E-state index is -0.685. The Balaban J connectivity index is 2.53. The molecular formula is C21H31N3O6. The van der Waals surface area contributed by atoms with Crippen LogP contribution in [0.2, 0.25) is 0 Å². The summed E-state index contributed by atoms with van der Waals surface area (Å²) in [5.74, 6) is -1.34. The maximum atomic E-state index is 12.1. The number of esters is 1. The molecule has 1 aromatic rings. The Morgan fingerprint density at radius 1 is 0.967 bits per heavy atom. The molecule has 0 spiro atoms. The number of nitrogens with one attached hydrogen (secondary N) is 1. The Morgan fingerprint density at radius 3 is 2.03 bits per heavy atom. The number of rotatable bonds is 8. The highest BCUT2D eigenvalue weighted by Gasteiger charge is 2.19. The van der Waals surface area contributed by atoms with Crippen LogP contribution in [-0.2, 0) is 19.1 Å². The van der Waals surface area contributed by atoms with Gasteiger partial charge in [0.1, 0.15) is 5.60 Å². The Morgan fingerprint density at radius 2 is 1.53 bits per heavy atom. The van der Waals surface area contributed by atoms with E-state index in [0.29, 0.717) is 18.8 Å². The van der Waals surface area contributed by atoms with Crippen LogP contribution in [0.25, 0.3) is 0 Å². The fourth-order valence-electron chi connectivity index (χ4n) is 2.40. The molecule has 0 saturated heterocycles. The lowest BCUT2D eigenvalue weighted by atomic mass is 10.2. The number of amides is 3. The minimum absolute atomic E-state index is 0.0803. The third-order valence-corrected chi connectivity index (χ3v) is 4.01. The summed E-state index contributed by atoms with van der Waals surface area (Å²) in [7, 11) is 1.48. The molecule has 0 saturated carbocycles. The van der Waals surface area contributed by atoms with Gasteiger partial charge in [-0.2, -0.15) is 0 Å². The molecule has 0 atom stereocenters. The van der Waals surface area contributed by atoms with Gasteiger partial charge in [-0.25, -0.2) is 9.59 Å². The summed E-state index contributed by atoms with van der Waals surface area (Å²) < 4.78 is 10.2. The van der Waals surface area contributed by atoms with Crippen LogP contribution < -0.4 is 5.32 Å². The van der Waals surface area contributed by atoms with Crippen molar-refractivity contribution in [2.75, 3.05) is 38.6 Å². The first-order valence-electron chi connectivity index (χ1n) is 9.75. The van der Waals surface area contributed by atoms with E-state index >= 15 is 0 Å². The van der Waals surface area contributed by atoms with Crippen LogP contribution in [0.3, 0.4) is 0 Å². The Bertz CT molecular complexity index is 751. The average molecular weight is 421 g/mol. The molecule has 0 aromatic heterocycles. The second-order valence-corrected chi connectivity index (χ2v) is 7.60. The predicted octanol–water partition coefficient (Wildman–Crippen LogP) is 2.52. The molecule has 0 aliphatic heterocycles. The van der Waals surface area contributed by atoms with E-state index in [9.17, 15) is 19.2 Å². The van der Waals surface area contributed by atoms with Crippen LogP contribution in [0, 0.1) is 0 Å². The van der Waals surface area contributed by atoms with Gasteiger partial charge in [0.25, 0.3) is 5.91 Å². The highest BCUT2D eigenvalue weighted by Crippen LogP contribution is 2.13. The molecule has 3 amide bonds. The maximum absolute atomic E-state index is 12.1. The Labute approximate surface area is 177 Å². The molecular weight excluding hydrogens is 390 g/mol. The minimum Gasteiger partial charge on any atom is -0.452 e. The van der Waals surface area contributed by atoms with E-state index in [4.69, 9.17) is 9.47 Å². The number of hydrogen-bond donors (Lipinski definition) is 1. The molecule has 9 heteroatoms. The largest absolute Gasteiger partial charge is 0.452 e. The first-order valence-corrected chi connectivity index (χ1v) is 9.75. The van der Waals surface area contributed by atoms with Gasteiger partial charge in [0, 0.05) is 25.8 Å². The van der Waals surface area contributed by atoms with Crippen LogP contribution >= 0.6 is 0 Å². The average Bonchev–Trinajstić information content (AvgIpc) is 2.65. The number of carbonyl (C=O) groups is 4. The van der Waals surface area contributed by atoms with E-state index in [0.717, 1.165) is 0 Å². The zero-order valence-corrected chi connectivity index (χ0v) is 18.5. The van der Waals surface area contributed by atoms with Gasteiger partial charge in [0.2, 0.25) is 5.91 Å². The second kappa shape index (κ2) is 11.2. The highest BCUT2D eigenvalue weighted by molar-refractivity contribution is 5.93. The van der Waals surface area contributed by atoms with E-state index in [1.54, 1.807) is 25.7 Å². The molecule has 0 aliphatic rings. The number of hydrogen-bond acceptors (Lipinski definition) is 6. The summed E-state index contributed by atoms with van der Waals surface area (Å²) in [6, 6.07) is 5.98. The molecule has 9 nitrogen and oxygen atoms in total. The molecule has 0 bridgehead atoms. The number of nitrogens with zero attached hydrogens (tertiary/aromatic N) is 2. The van der Waals surface area contributed by atoms with Crippen LogP contribution in [0.15, 0.2) is 24.3 Å². The summed E-state index contributed by atoms with van der Waals surface area (Å²) in [6.07, 6.45) is -0.606. The number of likely N-dealkylation sites (N-methyl/N-ethyl adjacent to an activating group) is 2. The fraction of sp³-hybridized carbons (Fsp3) is 0.524. The molecule has 0 fully saturated rings. The lowest BCUT2D eigenvalue weighted by molar-refractivity contribution is -0.140. The standard InChI is InChI=1S/C21H31N3O6/c1-7-24(8-2)17(25)13-23(6)18(26)14-29-19(27)15-9-11-16(12-10-15)22-20(28)30-21(3,4)5/h9-12H,7-8,13-14H2,1-6H3,(H,22,28). The van der Waals surface area contributed by atoms with Gasteiger partial charge in [-0.3, -0.25) is 14.9 Å². The fourth-order valence-corrected chi connectivity index (χ4v) is 2.40. The molecule has 30 heavy (non-hydrogen) atoms. The quantitative estimate of drug-likeness (QED) is 0.647. The second-order valence-electron chi connectivity index (χ2n) is 7.60. The van der Waals surface area contributed by atoms with Crippen molar-refractivity contribution in [2.45, 2.75) is 40.2 Å². The van der Waals surface area contributed by atoms with E-state index in [2.05, 4.69) is 5.32 Å². The molecule has 1 aromatic carbocycles. The predicted molar refractivity (Wildman–Crippen MR) is 112 cm³/mol. The number of ether oxygens (including phenoxy) is 2. The summed E-state index contributed by atoms with van der Waals surface area (Å²) in [5, 5.41) is 2.56. The van der Waals surface area contributed by atoms with Crippen LogP contribution in [0.1, 0.15) is 45.0 Å². The van der Waals surface area contributed by atoms with Crippen molar-refractivity contribution in [3.63, 3.8) is 0 Å². The van der Waals surface area contributed by atoms with Crippen LogP contribution in [0.5, 0.6) is 0 Å². The normalized spacial score (nSPS) is 10.7. The van der Waals surface area contributed by atoms with E-state index in [-0.39, 0.29) is 18.0 Å². The SMILES string of the molecule is CCN(CC)C(=O)CN(C)C(=O)COC(=O)c1ccc(NC(=O)OC(C)(C)C)cc1. The van der Waals surface area contributed by atoms with Gasteiger partial charge in [0.15, 0.2) is 6.61 Å². The number of carbonyl (C=O) groups excluding carboxylic acids is 4. The molecule has 166 valence electrons. The van der Waals surface area contributed by atoms with Gasteiger partial charge in [-0.1, -0.05) is 0 Å². The third kappa shape index (κ3) is 8.50. The summed E-state index contributed by atoms with van der Waals surface area (Å²) in [6.45, 7) is 9.55. The number of anilines is 1. The summed E-state index contributed by atoms with van der Waals surface area (Å²) in [4.78, 5) is 50.9. The van der Waals surface area contributed by atoms with Gasteiger partial charge in [-0.05, 0) is 58.9 Å². The van der Waals surface area contributed by atoms with Gasteiger partial charge in [0.05, 0.1) is 12.1 Å². The van der Waals surface area contributed by atoms with Crippen molar-refractivity contribution in [2.24, 2.45) is 0 Å². The van der Waals surface area contributed by atoms with Crippen LogP contribution in [-0.4, -0.2) is 72.6 Å². The van der Waals surface area contributed by atoms with Crippen molar-refractivity contribution in [3.8, 4) is 0 Å². The zero-order chi connectivity index (χ0) is 22.9. The summed E-state index contributed by atoms with van der Waals surface area (Å²) in [5.41, 5.74) is 0.0506. The highest BCUT2D eigenvalue weighted by atomic mass is 16.6. The topological polar surface area (TPSA) is 105 Å².